The van der Waals surface area contributed by atoms with Crippen LogP contribution < -0.4 is 21.7 Å². The highest BCUT2D eigenvalue weighted by Crippen LogP contribution is 2.04. The van der Waals surface area contributed by atoms with Crippen LogP contribution in [0.2, 0.25) is 0 Å². The minimum atomic E-state index is -1.64. The van der Waals surface area contributed by atoms with E-state index in [0.717, 1.165) is 0 Å². The molecule has 3 amide bonds. The van der Waals surface area contributed by atoms with Crippen molar-refractivity contribution in [1.82, 2.24) is 16.0 Å². The number of nitrogens with two attached hydrogens (primary N) is 1. The fourth-order valence-electron chi connectivity index (χ4n) is 1.87. The maximum Gasteiger partial charge on any atom is 0.326 e. The van der Waals surface area contributed by atoms with Gasteiger partial charge in [0, 0.05) is 5.75 Å². The summed E-state index contributed by atoms with van der Waals surface area (Å²) < 4.78 is 0. The summed E-state index contributed by atoms with van der Waals surface area (Å²) in [5.74, 6) is -4.61. The molecule has 27 heavy (non-hydrogen) atoms. The number of hydrogen-bond donors (Lipinski definition) is 7. The van der Waals surface area contributed by atoms with Gasteiger partial charge >= 0.3 is 11.9 Å². The zero-order valence-electron chi connectivity index (χ0n) is 14.6. The summed E-state index contributed by atoms with van der Waals surface area (Å²) in [4.78, 5) is 57.8. The molecule has 0 radical (unpaired) electrons. The van der Waals surface area contributed by atoms with E-state index in [9.17, 15) is 24.0 Å². The Balaban J connectivity index is 5.14. The van der Waals surface area contributed by atoms with E-state index in [4.69, 9.17) is 15.9 Å². The molecule has 0 rings (SSSR count). The highest BCUT2D eigenvalue weighted by atomic mass is 32.2. The van der Waals surface area contributed by atoms with Crippen molar-refractivity contribution in [2.24, 2.45) is 5.73 Å². The van der Waals surface area contributed by atoms with Crippen LogP contribution in [0.25, 0.3) is 0 Å². The SMILES string of the molecule is CSCCC(NC(=O)C(CS)NC(=O)CN)C(=O)NC(CC(=O)O)C(=O)O. The molecule has 0 heterocycles. The molecule has 0 saturated carbocycles. The number of thiol groups is 1. The molecular formula is C14H24N4O7S2. The molecule has 0 aromatic carbocycles. The first-order valence-corrected chi connectivity index (χ1v) is 9.83. The summed E-state index contributed by atoms with van der Waals surface area (Å²) in [6.07, 6.45) is 1.14. The molecule has 0 aromatic heterocycles. The summed E-state index contributed by atoms with van der Waals surface area (Å²) in [7, 11) is 0. The van der Waals surface area contributed by atoms with Gasteiger partial charge in [0.2, 0.25) is 17.7 Å². The standard InChI is InChI=1S/C14H24N4O7S2/c1-27-3-2-7(12(22)18-8(14(24)25)4-11(20)21)17-13(23)9(6-26)16-10(19)5-15/h7-9,26H,2-6,15H2,1H3,(H,16,19)(H,17,23)(H,18,22)(H,20,21)(H,24,25). The number of carboxylic acid groups (broad SMARTS) is 2. The number of nitrogens with one attached hydrogen (secondary N) is 3. The summed E-state index contributed by atoms with van der Waals surface area (Å²) in [5, 5.41) is 24.6. The topological polar surface area (TPSA) is 188 Å². The minimum Gasteiger partial charge on any atom is -0.481 e. The number of carboxylic acids is 2. The van der Waals surface area contributed by atoms with E-state index >= 15 is 0 Å². The van der Waals surface area contributed by atoms with Crippen LogP contribution in [0.4, 0.5) is 0 Å². The number of rotatable bonds is 13. The van der Waals surface area contributed by atoms with E-state index in [2.05, 4.69) is 28.6 Å². The summed E-state index contributed by atoms with van der Waals surface area (Å²) in [6.45, 7) is -0.330. The molecule has 3 unspecified atom stereocenters. The Morgan fingerprint density at radius 3 is 2.00 bits per heavy atom. The van der Waals surface area contributed by atoms with Crippen LogP contribution in [0.3, 0.4) is 0 Å². The van der Waals surface area contributed by atoms with Gasteiger partial charge in [0.1, 0.15) is 18.1 Å². The Bertz CT molecular complexity index is 562. The first kappa shape index (κ1) is 25.0. The Morgan fingerprint density at radius 2 is 1.56 bits per heavy atom. The van der Waals surface area contributed by atoms with Crippen molar-refractivity contribution in [2.75, 3.05) is 24.3 Å². The quantitative estimate of drug-likeness (QED) is 0.159. The third-order valence-corrected chi connectivity index (χ3v) is 4.27. The van der Waals surface area contributed by atoms with Crippen molar-refractivity contribution in [2.45, 2.75) is 31.0 Å². The zero-order chi connectivity index (χ0) is 21.0. The molecule has 0 aromatic rings. The molecule has 0 aliphatic heterocycles. The number of amides is 3. The zero-order valence-corrected chi connectivity index (χ0v) is 16.3. The lowest BCUT2D eigenvalue weighted by Gasteiger charge is -2.23. The number of carbonyl (C=O) groups is 5. The molecular weight excluding hydrogens is 400 g/mol. The van der Waals surface area contributed by atoms with Gasteiger partial charge in [-0.25, -0.2) is 4.79 Å². The van der Waals surface area contributed by atoms with Gasteiger partial charge in [-0.05, 0) is 18.4 Å². The highest BCUT2D eigenvalue weighted by molar-refractivity contribution is 7.98. The molecule has 0 aliphatic rings. The molecule has 11 nitrogen and oxygen atoms in total. The second kappa shape index (κ2) is 13.2. The fraction of sp³-hybridized carbons (Fsp3) is 0.643. The van der Waals surface area contributed by atoms with Gasteiger partial charge in [-0.2, -0.15) is 24.4 Å². The van der Waals surface area contributed by atoms with Gasteiger partial charge in [-0.15, -0.1) is 0 Å². The lowest BCUT2D eigenvalue weighted by molar-refractivity contribution is -0.147. The second-order valence-electron chi connectivity index (χ2n) is 5.35. The van der Waals surface area contributed by atoms with E-state index in [-0.39, 0.29) is 18.7 Å². The van der Waals surface area contributed by atoms with Crippen molar-refractivity contribution in [3.8, 4) is 0 Å². The molecule has 0 spiro atoms. The van der Waals surface area contributed by atoms with Crippen LogP contribution in [0.5, 0.6) is 0 Å². The molecule has 0 fully saturated rings. The normalized spacial score (nSPS) is 13.7. The summed E-state index contributed by atoms with van der Waals surface area (Å²) in [5.41, 5.74) is 5.17. The van der Waals surface area contributed by atoms with Crippen molar-refractivity contribution < 1.29 is 34.2 Å². The first-order chi connectivity index (χ1) is 12.7. The number of carbonyl (C=O) groups excluding carboxylic acids is 3. The van der Waals surface area contributed by atoms with E-state index in [1.807, 2.05) is 0 Å². The third-order valence-electron chi connectivity index (χ3n) is 3.26. The Hall–Kier alpha value is -1.99. The van der Waals surface area contributed by atoms with Gasteiger partial charge in [0.15, 0.2) is 0 Å². The van der Waals surface area contributed by atoms with Crippen LogP contribution >= 0.6 is 24.4 Å². The van der Waals surface area contributed by atoms with Gasteiger partial charge in [-0.1, -0.05) is 0 Å². The number of aliphatic carboxylic acids is 2. The van der Waals surface area contributed by atoms with Crippen LogP contribution in [-0.4, -0.2) is 82.3 Å². The average molecular weight is 425 g/mol. The predicted molar refractivity (Wildman–Crippen MR) is 102 cm³/mol. The molecule has 7 N–H and O–H groups in total. The lowest BCUT2D eigenvalue weighted by Crippen LogP contribution is -2.57. The summed E-state index contributed by atoms with van der Waals surface area (Å²) >= 11 is 5.36. The summed E-state index contributed by atoms with van der Waals surface area (Å²) in [6, 6.07) is -3.79. The largest absolute Gasteiger partial charge is 0.481 e. The molecule has 0 aliphatic carbocycles. The maximum atomic E-state index is 12.4. The smallest absolute Gasteiger partial charge is 0.326 e. The van der Waals surface area contributed by atoms with Gasteiger partial charge in [0.25, 0.3) is 0 Å². The number of thioether (sulfide) groups is 1. The van der Waals surface area contributed by atoms with Crippen LogP contribution in [0, 0.1) is 0 Å². The van der Waals surface area contributed by atoms with Gasteiger partial charge < -0.3 is 31.9 Å². The van der Waals surface area contributed by atoms with E-state index in [0.29, 0.717) is 5.75 Å². The average Bonchev–Trinajstić information content (AvgIpc) is 2.61. The van der Waals surface area contributed by atoms with Crippen molar-refractivity contribution in [3.05, 3.63) is 0 Å². The van der Waals surface area contributed by atoms with Crippen molar-refractivity contribution in [1.29, 1.82) is 0 Å². The molecule has 154 valence electrons. The molecule has 0 bridgehead atoms. The van der Waals surface area contributed by atoms with Gasteiger partial charge in [-0.3, -0.25) is 19.2 Å². The maximum absolute atomic E-state index is 12.4. The monoisotopic (exact) mass is 424 g/mol. The van der Waals surface area contributed by atoms with Crippen LogP contribution in [0.1, 0.15) is 12.8 Å². The van der Waals surface area contributed by atoms with Crippen molar-refractivity contribution >= 4 is 54.1 Å². The highest BCUT2D eigenvalue weighted by Gasteiger charge is 2.29. The number of hydrogen-bond acceptors (Lipinski definition) is 8. The molecule has 13 heteroatoms. The lowest BCUT2D eigenvalue weighted by atomic mass is 10.1. The Labute approximate surface area is 165 Å². The third kappa shape index (κ3) is 10.1. The fourth-order valence-corrected chi connectivity index (χ4v) is 2.60. The second-order valence-corrected chi connectivity index (χ2v) is 6.70. The molecule has 3 atom stereocenters. The first-order valence-electron chi connectivity index (χ1n) is 7.80. The van der Waals surface area contributed by atoms with E-state index in [1.54, 1.807) is 6.26 Å². The Kier molecular flexibility index (Phi) is 12.2. The van der Waals surface area contributed by atoms with Gasteiger partial charge in [0.05, 0.1) is 13.0 Å². The van der Waals surface area contributed by atoms with Crippen molar-refractivity contribution in [3.63, 3.8) is 0 Å². The molecule has 0 saturated heterocycles. The Morgan fingerprint density at radius 1 is 1.00 bits per heavy atom. The minimum absolute atomic E-state index is 0.0504. The predicted octanol–water partition coefficient (Wildman–Crippen LogP) is -2.36. The van der Waals surface area contributed by atoms with Crippen LogP contribution in [-0.2, 0) is 24.0 Å². The van der Waals surface area contributed by atoms with E-state index in [1.165, 1.54) is 11.8 Å². The van der Waals surface area contributed by atoms with Crippen LogP contribution in [0.15, 0.2) is 0 Å². The van der Waals surface area contributed by atoms with E-state index < -0.39 is 54.2 Å².